The lowest BCUT2D eigenvalue weighted by molar-refractivity contribution is 0.898. The van der Waals surface area contributed by atoms with Gasteiger partial charge in [-0.1, -0.05) is 42.5 Å². The summed E-state index contributed by atoms with van der Waals surface area (Å²) < 4.78 is 1.59. The van der Waals surface area contributed by atoms with E-state index in [-0.39, 0.29) is 0 Å². The Kier molecular flexibility index (Phi) is 4.10. The molecule has 2 N–H and O–H groups in total. The minimum absolute atomic E-state index is 0.366. The lowest BCUT2D eigenvalue weighted by Crippen LogP contribution is -2.08. The van der Waals surface area contributed by atoms with E-state index in [4.69, 9.17) is 5.73 Å². The van der Waals surface area contributed by atoms with Gasteiger partial charge < -0.3 is 10.6 Å². The molecule has 0 aliphatic carbocycles. The van der Waals surface area contributed by atoms with Crippen LogP contribution in [0.5, 0.6) is 0 Å². The van der Waals surface area contributed by atoms with Crippen LogP contribution in [-0.2, 0) is 0 Å². The number of nitrogen functional groups attached to an aromatic ring is 1. The first-order valence-electron chi connectivity index (χ1n) is 7.35. The first-order chi connectivity index (χ1) is 11.1. The molecule has 116 valence electrons. The Hall–Kier alpha value is -3.08. The van der Waals surface area contributed by atoms with E-state index in [2.05, 4.69) is 15.0 Å². The molecular weight excluding hydrogens is 286 g/mol. The van der Waals surface area contributed by atoms with Crippen molar-refractivity contribution >= 4 is 17.9 Å². The predicted molar refractivity (Wildman–Crippen MR) is 95.8 cm³/mol. The van der Waals surface area contributed by atoms with E-state index in [1.54, 1.807) is 10.9 Å². The van der Waals surface area contributed by atoms with Crippen molar-refractivity contribution in [1.29, 1.82) is 0 Å². The maximum absolute atomic E-state index is 5.94. The topological polar surface area (TPSA) is 59.4 Å². The van der Waals surface area contributed by atoms with Gasteiger partial charge >= 0.3 is 0 Å². The maximum atomic E-state index is 5.94. The second kappa shape index (κ2) is 6.36. The third kappa shape index (κ3) is 3.40. The zero-order valence-electron chi connectivity index (χ0n) is 13.2. The number of hydrogen-bond acceptors (Lipinski definition) is 4. The van der Waals surface area contributed by atoms with Crippen LogP contribution >= 0.6 is 0 Å². The molecule has 0 aliphatic rings. The van der Waals surface area contributed by atoms with E-state index in [1.165, 1.54) is 0 Å². The van der Waals surface area contributed by atoms with Gasteiger partial charge in [0, 0.05) is 25.3 Å². The number of benzene rings is 2. The largest absolute Gasteiger partial charge is 0.378 e. The van der Waals surface area contributed by atoms with Crippen LogP contribution in [0.1, 0.15) is 5.56 Å². The Bertz CT molecular complexity index is 801. The van der Waals surface area contributed by atoms with Crippen LogP contribution in [0.25, 0.3) is 11.3 Å². The lowest BCUT2D eigenvalue weighted by Gasteiger charge is -2.11. The minimum atomic E-state index is 0.366. The van der Waals surface area contributed by atoms with Crippen LogP contribution in [0.4, 0.5) is 11.6 Å². The molecule has 2 aromatic carbocycles. The Labute approximate surface area is 135 Å². The fourth-order valence-corrected chi connectivity index (χ4v) is 2.21. The normalized spacial score (nSPS) is 11.0. The second-order valence-corrected chi connectivity index (χ2v) is 5.43. The monoisotopic (exact) mass is 305 g/mol. The highest BCUT2D eigenvalue weighted by molar-refractivity contribution is 5.80. The SMILES string of the molecule is CN(C)c1ccc(C=Nn2cc(-c3ccccc3)nc2N)cc1. The van der Waals surface area contributed by atoms with E-state index in [1.807, 2.05) is 74.9 Å². The van der Waals surface area contributed by atoms with Crippen molar-refractivity contribution < 1.29 is 0 Å². The molecule has 0 spiro atoms. The third-order valence-electron chi connectivity index (χ3n) is 3.52. The van der Waals surface area contributed by atoms with Gasteiger partial charge in [0.25, 0.3) is 0 Å². The minimum Gasteiger partial charge on any atom is -0.378 e. The van der Waals surface area contributed by atoms with Gasteiger partial charge in [0.2, 0.25) is 5.95 Å². The van der Waals surface area contributed by atoms with Gasteiger partial charge in [0.05, 0.1) is 18.1 Å². The van der Waals surface area contributed by atoms with Crippen molar-refractivity contribution in [1.82, 2.24) is 9.66 Å². The van der Waals surface area contributed by atoms with Crippen LogP contribution in [0.15, 0.2) is 65.9 Å². The molecule has 0 amide bonds. The Morgan fingerprint density at radius 3 is 2.39 bits per heavy atom. The van der Waals surface area contributed by atoms with Crippen LogP contribution in [-0.4, -0.2) is 30.0 Å². The molecule has 0 radical (unpaired) electrons. The van der Waals surface area contributed by atoms with E-state index in [9.17, 15) is 0 Å². The van der Waals surface area contributed by atoms with Crippen molar-refractivity contribution in [2.45, 2.75) is 0 Å². The first kappa shape index (κ1) is 14.8. The maximum Gasteiger partial charge on any atom is 0.221 e. The predicted octanol–water partition coefficient (Wildman–Crippen LogP) is 3.08. The number of hydrogen-bond donors (Lipinski definition) is 1. The molecule has 3 rings (SSSR count). The number of nitrogens with zero attached hydrogens (tertiary/aromatic N) is 4. The molecule has 0 aliphatic heterocycles. The molecule has 5 heteroatoms. The van der Waals surface area contributed by atoms with Crippen molar-refractivity contribution in [2.75, 3.05) is 24.7 Å². The Morgan fingerprint density at radius 1 is 1.04 bits per heavy atom. The summed E-state index contributed by atoms with van der Waals surface area (Å²) >= 11 is 0. The van der Waals surface area contributed by atoms with E-state index in [0.717, 1.165) is 22.5 Å². The quantitative estimate of drug-likeness (QED) is 0.754. The number of nitrogens with two attached hydrogens (primary N) is 1. The molecule has 0 atom stereocenters. The number of aromatic nitrogens is 2. The third-order valence-corrected chi connectivity index (χ3v) is 3.52. The fourth-order valence-electron chi connectivity index (χ4n) is 2.21. The van der Waals surface area contributed by atoms with Gasteiger partial charge in [-0.2, -0.15) is 5.10 Å². The van der Waals surface area contributed by atoms with Crippen molar-refractivity contribution in [2.24, 2.45) is 5.10 Å². The van der Waals surface area contributed by atoms with Crippen LogP contribution in [0.2, 0.25) is 0 Å². The zero-order chi connectivity index (χ0) is 16.2. The first-order valence-corrected chi connectivity index (χ1v) is 7.35. The molecular formula is C18H19N5. The Balaban J connectivity index is 1.81. The summed E-state index contributed by atoms with van der Waals surface area (Å²) in [4.78, 5) is 6.41. The molecule has 5 nitrogen and oxygen atoms in total. The van der Waals surface area contributed by atoms with Gasteiger partial charge in [0.15, 0.2) is 0 Å². The fraction of sp³-hybridized carbons (Fsp3) is 0.111. The van der Waals surface area contributed by atoms with Crippen molar-refractivity contribution in [3.63, 3.8) is 0 Å². The molecule has 0 bridgehead atoms. The van der Waals surface area contributed by atoms with Gasteiger partial charge in [-0.05, 0) is 17.7 Å². The number of rotatable bonds is 4. The molecule has 0 fully saturated rings. The van der Waals surface area contributed by atoms with E-state index in [0.29, 0.717) is 5.95 Å². The van der Waals surface area contributed by atoms with Gasteiger partial charge in [0.1, 0.15) is 0 Å². The number of imidazole rings is 1. The smallest absolute Gasteiger partial charge is 0.221 e. The van der Waals surface area contributed by atoms with Crippen LogP contribution in [0.3, 0.4) is 0 Å². The molecule has 1 aromatic heterocycles. The standard InChI is InChI=1S/C18H19N5/c1-22(2)16-10-8-14(9-11-16)12-20-23-13-17(21-18(23)19)15-6-4-3-5-7-15/h3-13H,1-2H3,(H2,19,21). The lowest BCUT2D eigenvalue weighted by atomic mass is 10.2. The van der Waals surface area contributed by atoms with Crippen molar-refractivity contribution in [3.05, 3.63) is 66.4 Å². The molecule has 23 heavy (non-hydrogen) atoms. The summed E-state index contributed by atoms with van der Waals surface area (Å²) in [6.07, 6.45) is 3.60. The van der Waals surface area contributed by atoms with Crippen molar-refractivity contribution in [3.8, 4) is 11.3 Å². The summed E-state index contributed by atoms with van der Waals surface area (Å²) in [5.41, 5.74) is 9.92. The summed E-state index contributed by atoms with van der Waals surface area (Å²) in [7, 11) is 4.03. The molecule has 1 heterocycles. The van der Waals surface area contributed by atoms with Crippen LogP contribution in [0, 0.1) is 0 Å². The van der Waals surface area contributed by atoms with E-state index < -0.39 is 0 Å². The second-order valence-electron chi connectivity index (χ2n) is 5.43. The summed E-state index contributed by atoms with van der Waals surface area (Å²) in [6, 6.07) is 18.0. The van der Waals surface area contributed by atoms with E-state index >= 15 is 0 Å². The highest BCUT2D eigenvalue weighted by Crippen LogP contribution is 2.19. The molecule has 0 saturated carbocycles. The van der Waals surface area contributed by atoms with Gasteiger partial charge in [-0.3, -0.25) is 0 Å². The highest BCUT2D eigenvalue weighted by Gasteiger charge is 2.05. The molecule has 0 unspecified atom stereocenters. The summed E-state index contributed by atoms with van der Waals surface area (Å²) in [6.45, 7) is 0. The Morgan fingerprint density at radius 2 is 1.74 bits per heavy atom. The summed E-state index contributed by atoms with van der Waals surface area (Å²) in [5, 5.41) is 4.39. The average molecular weight is 305 g/mol. The number of anilines is 2. The van der Waals surface area contributed by atoms with Gasteiger partial charge in [-0.25, -0.2) is 9.66 Å². The summed E-state index contributed by atoms with van der Waals surface area (Å²) in [5.74, 6) is 0.366. The molecule has 0 saturated heterocycles. The average Bonchev–Trinajstić information content (AvgIpc) is 2.95. The molecule has 3 aromatic rings. The highest BCUT2D eigenvalue weighted by atomic mass is 15.4. The van der Waals surface area contributed by atoms with Crippen LogP contribution < -0.4 is 10.6 Å². The zero-order valence-corrected chi connectivity index (χ0v) is 13.2. The van der Waals surface area contributed by atoms with Gasteiger partial charge in [-0.15, -0.1) is 0 Å².